The third kappa shape index (κ3) is 17.7. The van der Waals surface area contributed by atoms with E-state index in [1.165, 1.54) is 72.3 Å². The van der Waals surface area contributed by atoms with Crippen LogP contribution in [0.2, 0.25) is 0 Å². The zero-order chi connectivity index (χ0) is 64.3. The van der Waals surface area contributed by atoms with Crippen molar-refractivity contribution in [2.45, 2.75) is 78.6 Å². The summed E-state index contributed by atoms with van der Waals surface area (Å²) in [6, 6.07) is 118. The van der Waals surface area contributed by atoms with E-state index < -0.39 is 0 Å². The molecule has 0 spiro atoms. The van der Waals surface area contributed by atoms with Gasteiger partial charge in [0, 0.05) is 34.1 Å². The van der Waals surface area contributed by atoms with Crippen molar-refractivity contribution in [2.75, 3.05) is 9.80 Å². The van der Waals surface area contributed by atoms with Crippen LogP contribution >= 0.6 is 0 Å². The zero-order valence-corrected chi connectivity index (χ0v) is 55.0. The van der Waals surface area contributed by atoms with Gasteiger partial charge >= 0.3 is 0 Å². The molecule has 92 heavy (non-hydrogen) atoms. The number of hydrogen-bond acceptors (Lipinski definition) is 2. The Kier molecular flexibility index (Phi) is 21.2. The molecule has 0 N–H and O–H groups in total. The fourth-order valence-electron chi connectivity index (χ4n) is 11.0. The first-order chi connectivity index (χ1) is 44.5. The van der Waals surface area contributed by atoms with E-state index in [0.717, 1.165) is 34.1 Å². The molecule has 0 saturated carbocycles. The number of nitrogens with zero attached hydrogens (tertiary/aromatic N) is 2. The minimum atomic E-state index is 0.143. The number of rotatable bonds is 14. The molecule has 12 aromatic carbocycles. The third-order valence-corrected chi connectivity index (χ3v) is 16.3. The maximum atomic E-state index is 2.30. The summed E-state index contributed by atoms with van der Waals surface area (Å²) in [5.41, 5.74) is 23.6. The SMILES string of the molecule is CC(C)(C)c1ccc(/C=C(\c2ccccc2)c2ccc(N(c3ccccc3)c3ccccc3)cc2)cc1.CC(C)(C)c1ccc(/C=C/c2ccc(N(c3ccccc3)c3ccccc3)cc2)cc1.CC(C)(C)c1cccc(C=C(c2ccccc2)c2ccccc2)c1. The Hall–Kier alpha value is -10.5. The lowest BCUT2D eigenvalue weighted by molar-refractivity contribution is 0.590. The van der Waals surface area contributed by atoms with Crippen LogP contribution in [0, 0.1) is 0 Å². The van der Waals surface area contributed by atoms with Crippen molar-refractivity contribution in [1.82, 2.24) is 0 Å². The highest BCUT2D eigenvalue weighted by Gasteiger charge is 2.18. The van der Waals surface area contributed by atoms with Crippen molar-refractivity contribution in [3.05, 3.63) is 395 Å². The van der Waals surface area contributed by atoms with Crippen LogP contribution in [0.5, 0.6) is 0 Å². The first kappa shape index (κ1) is 64.4. The van der Waals surface area contributed by atoms with E-state index in [0.29, 0.717) is 0 Å². The van der Waals surface area contributed by atoms with E-state index in [9.17, 15) is 0 Å². The maximum absolute atomic E-state index is 2.30. The highest BCUT2D eigenvalue weighted by Crippen LogP contribution is 2.38. The predicted molar refractivity (Wildman–Crippen MR) is 400 cm³/mol. The third-order valence-electron chi connectivity index (χ3n) is 16.3. The Labute approximate surface area is 549 Å². The molecule has 0 atom stereocenters. The molecular weight excluding hydrogens is 1110 g/mol. The van der Waals surface area contributed by atoms with Crippen molar-refractivity contribution in [3.63, 3.8) is 0 Å². The maximum Gasteiger partial charge on any atom is 0.0462 e. The van der Waals surface area contributed by atoms with Crippen LogP contribution in [-0.2, 0) is 16.2 Å². The van der Waals surface area contributed by atoms with Gasteiger partial charge in [-0.3, -0.25) is 0 Å². The molecule has 0 aliphatic carbocycles. The molecule has 0 saturated heterocycles. The lowest BCUT2D eigenvalue weighted by Crippen LogP contribution is -2.10. The van der Waals surface area contributed by atoms with Crippen LogP contribution in [0.4, 0.5) is 34.1 Å². The molecule has 2 heteroatoms. The van der Waals surface area contributed by atoms with Crippen LogP contribution in [0.15, 0.2) is 334 Å². The van der Waals surface area contributed by atoms with Crippen LogP contribution in [-0.4, -0.2) is 0 Å². The van der Waals surface area contributed by atoms with E-state index in [4.69, 9.17) is 0 Å². The van der Waals surface area contributed by atoms with Crippen LogP contribution in [0.3, 0.4) is 0 Å². The summed E-state index contributed by atoms with van der Waals surface area (Å²) in [4.78, 5) is 4.57. The molecule has 456 valence electrons. The standard InChI is InChI=1S/C36H33N.C30H29N.C24H24/c1-36(2,3)31-23-19-28(20-24-31)27-35(29-13-7-4-8-14-29)30-21-25-34(26-22-30)37(32-15-9-5-10-16-32)33-17-11-6-12-18-33;1-30(2,3)26-20-16-24(17-21-26)14-15-25-18-22-29(23-19-25)31(27-10-6-4-7-11-27)28-12-8-5-9-13-28;1-24(2,3)22-16-10-11-19(17-22)18-23(20-12-6-4-7-13-20)21-14-8-5-9-15-21/h4-27H,1-3H3;4-23H,1-3H3;4-18H,1-3H3/b35-27+;15-14+;. The van der Waals surface area contributed by atoms with Gasteiger partial charge in [0.05, 0.1) is 0 Å². The number of benzene rings is 12. The largest absolute Gasteiger partial charge is 0.311 e. The molecular formula is C90H86N2. The van der Waals surface area contributed by atoms with Crippen LogP contribution in [0.25, 0.3) is 35.5 Å². The zero-order valence-electron chi connectivity index (χ0n) is 55.0. The minimum absolute atomic E-state index is 0.143. The smallest absolute Gasteiger partial charge is 0.0462 e. The quantitative estimate of drug-likeness (QED) is 0.100. The van der Waals surface area contributed by atoms with Gasteiger partial charge < -0.3 is 9.80 Å². The Morgan fingerprint density at radius 3 is 0.804 bits per heavy atom. The summed E-state index contributed by atoms with van der Waals surface area (Å²) in [5, 5.41) is 0. The monoisotopic (exact) mass is 1190 g/mol. The van der Waals surface area contributed by atoms with E-state index >= 15 is 0 Å². The second-order valence-electron chi connectivity index (χ2n) is 26.3. The normalized spacial score (nSPS) is 11.6. The Morgan fingerprint density at radius 2 is 0.478 bits per heavy atom. The first-order valence-electron chi connectivity index (χ1n) is 32.1. The molecule has 0 radical (unpaired) electrons. The summed E-state index contributed by atoms with van der Waals surface area (Å²) >= 11 is 0. The van der Waals surface area contributed by atoms with Gasteiger partial charge in [-0.15, -0.1) is 0 Å². The predicted octanol–water partition coefficient (Wildman–Crippen LogP) is 25.2. The Morgan fingerprint density at radius 1 is 0.217 bits per heavy atom. The lowest BCUT2D eigenvalue weighted by Gasteiger charge is -2.25. The van der Waals surface area contributed by atoms with Gasteiger partial charge in [-0.2, -0.15) is 0 Å². The highest BCUT2D eigenvalue weighted by atomic mass is 15.1. The molecule has 2 nitrogen and oxygen atoms in total. The fourth-order valence-corrected chi connectivity index (χ4v) is 11.0. The highest BCUT2D eigenvalue weighted by molar-refractivity contribution is 5.93. The van der Waals surface area contributed by atoms with Gasteiger partial charge in [0.1, 0.15) is 0 Å². The van der Waals surface area contributed by atoms with Crippen molar-refractivity contribution < 1.29 is 0 Å². The molecule has 0 aliphatic heterocycles. The Bertz CT molecular complexity index is 4150. The molecule has 0 bridgehead atoms. The van der Waals surface area contributed by atoms with E-state index in [1.54, 1.807) is 0 Å². The van der Waals surface area contributed by atoms with E-state index in [-0.39, 0.29) is 16.2 Å². The molecule has 0 fully saturated rings. The van der Waals surface area contributed by atoms with Crippen molar-refractivity contribution in [2.24, 2.45) is 0 Å². The summed E-state index contributed by atoms with van der Waals surface area (Å²) in [7, 11) is 0. The van der Waals surface area contributed by atoms with Gasteiger partial charge in [0.25, 0.3) is 0 Å². The topological polar surface area (TPSA) is 6.48 Å². The van der Waals surface area contributed by atoms with Gasteiger partial charge in [-0.25, -0.2) is 0 Å². The summed E-state index contributed by atoms with van der Waals surface area (Å²) in [5.74, 6) is 0. The molecule has 0 heterocycles. The average molecular weight is 1200 g/mol. The average Bonchev–Trinajstić information content (AvgIpc) is 1.18. The molecule has 0 unspecified atom stereocenters. The summed E-state index contributed by atoms with van der Waals surface area (Å²) in [6.07, 6.45) is 8.93. The van der Waals surface area contributed by atoms with Gasteiger partial charge in [0.15, 0.2) is 0 Å². The van der Waals surface area contributed by atoms with Crippen LogP contribution < -0.4 is 9.80 Å². The minimum Gasteiger partial charge on any atom is -0.311 e. The fraction of sp³-hybridized carbons (Fsp3) is 0.133. The van der Waals surface area contributed by atoms with Gasteiger partial charge in [-0.1, -0.05) is 335 Å². The second-order valence-corrected chi connectivity index (χ2v) is 26.3. The van der Waals surface area contributed by atoms with E-state index in [1.807, 2.05) is 0 Å². The number of anilines is 6. The van der Waals surface area contributed by atoms with Crippen molar-refractivity contribution >= 4 is 69.6 Å². The molecule has 0 aliphatic rings. The van der Waals surface area contributed by atoms with Crippen molar-refractivity contribution in [3.8, 4) is 0 Å². The van der Waals surface area contributed by atoms with Crippen LogP contribution in [0.1, 0.15) is 124 Å². The first-order valence-corrected chi connectivity index (χ1v) is 32.1. The number of hydrogen-bond donors (Lipinski definition) is 0. The summed E-state index contributed by atoms with van der Waals surface area (Å²) in [6.45, 7) is 20.3. The molecule has 12 aromatic rings. The van der Waals surface area contributed by atoms with Gasteiger partial charge in [-0.05, 0) is 174 Å². The number of para-hydroxylation sites is 4. The van der Waals surface area contributed by atoms with Crippen molar-refractivity contribution in [1.29, 1.82) is 0 Å². The second kappa shape index (κ2) is 30.3. The summed E-state index contributed by atoms with van der Waals surface area (Å²) < 4.78 is 0. The van der Waals surface area contributed by atoms with E-state index in [2.05, 4.69) is 430 Å². The van der Waals surface area contributed by atoms with Gasteiger partial charge in [0.2, 0.25) is 0 Å². The molecule has 12 rings (SSSR count). The lowest BCUT2D eigenvalue weighted by atomic mass is 9.85. The Balaban J connectivity index is 0.000000155. The molecule has 0 amide bonds. The molecule has 0 aromatic heterocycles.